The minimum atomic E-state index is -3.09. The summed E-state index contributed by atoms with van der Waals surface area (Å²) in [4.78, 5) is 0.0505. The van der Waals surface area contributed by atoms with E-state index in [9.17, 15) is 0 Å². The highest BCUT2D eigenvalue weighted by molar-refractivity contribution is 9.29. The van der Waals surface area contributed by atoms with E-state index in [1.54, 1.807) is 0 Å². The van der Waals surface area contributed by atoms with Crippen LogP contribution in [0.1, 0.15) is 157 Å². The summed E-state index contributed by atoms with van der Waals surface area (Å²) in [5.74, 6) is 2.39. The quantitative estimate of drug-likeness (QED) is 0.0270. The molecular formula is C49H86O9S12Si3. The van der Waals surface area contributed by atoms with Gasteiger partial charge in [-0.25, -0.2) is 0 Å². The Morgan fingerprint density at radius 2 is 0.849 bits per heavy atom. The molecule has 7 unspecified atom stereocenters. The van der Waals surface area contributed by atoms with Crippen molar-refractivity contribution in [2.45, 2.75) is 193 Å². The van der Waals surface area contributed by atoms with Crippen molar-refractivity contribution in [3.8, 4) is 0 Å². The molecule has 0 heterocycles. The van der Waals surface area contributed by atoms with Gasteiger partial charge in [-0.1, -0.05) is 89.0 Å². The Morgan fingerprint density at radius 3 is 1.25 bits per heavy atom. The maximum absolute atomic E-state index is 6.71. The van der Waals surface area contributed by atoms with E-state index < -0.39 is 26.4 Å². The molecule has 420 valence electrons. The van der Waals surface area contributed by atoms with Gasteiger partial charge in [-0.05, 0) is 246 Å². The molecule has 1 aromatic carbocycles. The van der Waals surface area contributed by atoms with Gasteiger partial charge < -0.3 is 39.8 Å². The van der Waals surface area contributed by atoms with E-state index in [1.807, 2.05) is 91.3 Å². The molecule has 6 fully saturated rings. The van der Waals surface area contributed by atoms with Gasteiger partial charge in [0, 0.05) is 84.8 Å². The Kier molecular flexibility index (Phi) is 27.8. The Balaban J connectivity index is 1.09. The van der Waals surface area contributed by atoms with Crippen molar-refractivity contribution in [3.63, 3.8) is 0 Å². The second kappa shape index (κ2) is 31.6. The van der Waals surface area contributed by atoms with Crippen LogP contribution >= 0.6 is 124 Å². The van der Waals surface area contributed by atoms with E-state index in [1.165, 1.54) is 81.8 Å². The van der Waals surface area contributed by atoms with Gasteiger partial charge in [0.05, 0.1) is 9.46 Å². The van der Waals surface area contributed by atoms with E-state index in [0.717, 1.165) is 43.4 Å². The molecule has 6 bridgehead atoms. The molecule has 0 aromatic heterocycles. The molecule has 0 spiro atoms. The molecular weight excluding hydrogens is 1200 g/mol. The van der Waals surface area contributed by atoms with Crippen LogP contribution in [-0.4, -0.2) is 110 Å². The van der Waals surface area contributed by atoms with Crippen LogP contribution < -0.4 is 0 Å². The predicted octanol–water partition coefficient (Wildman–Crippen LogP) is 18.1. The first kappa shape index (κ1) is 64.3. The molecule has 73 heavy (non-hydrogen) atoms. The van der Waals surface area contributed by atoms with Crippen LogP contribution in [0.5, 0.6) is 0 Å². The number of hydrogen-bond acceptors (Lipinski definition) is 21. The number of hydrogen-bond donors (Lipinski definition) is 0. The summed E-state index contributed by atoms with van der Waals surface area (Å²) in [5, 5.41) is 0. The van der Waals surface area contributed by atoms with Crippen LogP contribution in [0.15, 0.2) is 24.3 Å². The first-order chi connectivity index (χ1) is 35.5. The first-order valence-corrected chi connectivity index (χ1v) is 47.4. The standard InChI is InChI=1S/C49H86O9S12Si3/c1-10-50-71(51-11-2,52-12-3)43-31-39-25-29-48(43,36-39)63-69-65-59-45(60-66-70-64-49-30-26-40(37-49)32-44(49)72(53-13-4,54-14-5)55-15-6)33-41-21-19-20-22-42(41)34-46(73(56-16-7,57-17-8)58-18-9)61-67-68-62-47-27-23-38(35-47)24-28-47/h19-22,38-40,43-46H,10-18,23-37H2,1-9H3. The summed E-state index contributed by atoms with van der Waals surface area (Å²) in [6.45, 7) is 24.3. The second-order valence-electron chi connectivity index (χ2n) is 20.0. The smallest absolute Gasteiger partial charge is 0.374 e. The zero-order chi connectivity index (χ0) is 51.8. The van der Waals surface area contributed by atoms with Gasteiger partial charge in [0.2, 0.25) is 0 Å². The molecule has 24 heteroatoms. The molecule has 6 saturated carbocycles. The lowest BCUT2D eigenvalue weighted by molar-refractivity contribution is 0.0553. The maximum atomic E-state index is 6.71. The van der Waals surface area contributed by atoms with Crippen molar-refractivity contribution in [2.24, 2.45) is 17.8 Å². The summed E-state index contributed by atoms with van der Waals surface area (Å²) in [6, 6.07) is 9.20. The third-order valence-corrected chi connectivity index (χ3v) is 51.3. The van der Waals surface area contributed by atoms with Crippen molar-refractivity contribution >= 4 is 150 Å². The van der Waals surface area contributed by atoms with E-state index >= 15 is 0 Å². The fourth-order valence-electron chi connectivity index (χ4n) is 13.0. The maximum Gasteiger partial charge on any atom is 0.515 e. The molecule has 0 radical (unpaired) electrons. The highest BCUT2D eigenvalue weighted by Crippen LogP contribution is 2.71. The average molecular weight is 1290 g/mol. The number of rotatable bonds is 40. The van der Waals surface area contributed by atoms with Crippen LogP contribution in [-0.2, 0) is 52.7 Å². The Morgan fingerprint density at radius 1 is 0.452 bits per heavy atom. The first-order valence-electron chi connectivity index (χ1n) is 27.4. The molecule has 0 N–H and O–H groups in total. The van der Waals surface area contributed by atoms with E-state index in [4.69, 9.17) is 39.8 Å². The van der Waals surface area contributed by atoms with Crippen LogP contribution in [0.3, 0.4) is 0 Å². The molecule has 1 aromatic rings. The minimum Gasteiger partial charge on any atom is -0.374 e. The van der Waals surface area contributed by atoms with Gasteiger partial charge in [-0.3, -0.25) is 0 Å². The summed E-state index contributed by atoms with van der Waals surface area (Å²) >= 11 is 0. The topological polar surface area (TPSA) is 83.1 Å². The lowest BCUT2D eigenvalue weighted by atomic mass is 9.99. The third-order valence-electron chi connectivity index (χ3n) is 15.7. The summed E-state index contributed by atoms with van der Waals surface area (Å²) in [6.07, 6.45) is 18.5. The number of fused-ring (bicyclic) bond motifs is 6. The third kappa shape index (κ3) is 16.1. The van der Waals surface area contributed by atoms with Crippen molar-refractivity contribution in [1.29, 1.82) is 0 Å². The van der Waals surface area contributed by atoms with Crippen molar-refractivity contribution < 1.29 is 39.8 Å². The van der Waals surface area contributed by atoms with Crippen molar-refractivity contribution in [1.82, 2.24) is 0 Å². The second-order valence-corrected chi connectivity index (χ2v) is 48.2. The molecule has 6 aliphatic rings. The minimum absolute atomic E-state index is 0.0505. The molecule has 6 aliphatic carbocycles. The van der Waals surface area contributed by atoms with Crippen molar-refractivity contribution in [3.05, 3.63) is 35.4 Å². The van der Waals surface area contributed by atoms with Gasteiger partial charge in [-0.2, -0.15) is 0 Å². The van der Waals surface area contributed by atoms with E-state index in [2.05, 4.69) is 119 Å². The molecule has 7 rings (SSSR count). The van der Waals surface area contributed by atoms with Gasteiger partial charge in [0.1, 0.15) is 0 Å². The lowest BCUT2D eigenvalue weighted by Crippen LogP contribution is -2.56. The van der Waals surface area contributed by atoms with Gasteiger partial charge in [-0.15, -0.1) is 0 Å². The summed E-state index contributed by atoms with van der Waals surface area (Å²) in [7, 11) is 15.3. The van der Waals surface area contributed by atoms with Crippen LogP contribution in [0, 0.1) is 17.8 Å². The zero-order valence-electron chi connectivity index (χ0n) is 44.9. The monoisotopic (exact) mass is 1290 g/mol. The normalized spacial score (nSPS) is 29.6. The largest absolute Gasteiger partial charge is 0.515 e. The van der Waals surface area contributed by atoms with Crippen LogP contribution in [0.25, 0.3) is 0 Å². The Labute approximate surface area is 490 Å². The Bertz CT molecular complexity index is 1670. The molecule has 7 atom stereocenters. The van der Waals surface area contributed by atoms with Crippen LogP contribution in [0.2, 0.25) is 11.1 Å². The SMILES string of the molecule is CCO[Si](OCC)(OCC)C(Cc1ccccc1CC(SSSSC12CCC(CC1[Si](OCC)(OCC)OCC)C2)SSSSC12CCC(CC1[Si](OCC)(OCC)OCC)C2)SSSSC12CCC(CC1)C2. The van der Waals surface area contributed by atoms with E-state index in [0.29, 0.717) is 79.9 Å². The molecule has 0 amide bonds. The predicted molar refractivity (Wildman–Crippen MR) is 341 cm³/mol. The van der Waals surface area contributed by atoms with Gasteiger partial charge in [0.25, 0.3) is 0 Å². The average Bonchev–Trinajstić information content (AvgIpc) is 4.27. The van der Waals surface area contributed by atoms with Crippen LogP contribution in [0.4, 0.5) is 0 Å². The van der Waals surface area contributed by atoms with Gasteiger partial charge in [0.15, 0.2) is 0 Å². The zero-order valence-corrected chi connectivity index (χ0v) is 57.7. The molecule has 0 aliphatic heterocycles. The summed E-state index contributed by atoms with van der Waals surface area (Å²) in [5.41, 5.74) is 3.42. The molecule has 0 saturated heterocycles. The van der Waals surface area contributed by atoms with Gasteiger partial charge >= 0.3 is 26.4 Å². The fraction of sp³-hybridized carbons (Fsp3) is 0.878. The fourth-order valence-corrected chi connectivity index (χ4v) is 52.5. The van der Waals surface area contributed by atoms with E-state index in [-0.39, 0.29) is 14.4 Å². The highest BCUT2D eigenvalue weighted by atomic mass is 33.7. The molecule has 9 nitrogen and oxygen atoms in total. The lowest BCUT2D eigenvalue weighted by Gasteiger charge is -2.42. The number of benzene rings is 1. The highest BCUT2D eigenvalue weighted by Gasteiger charge is 2.67. The summed E-state index contributed by atoms with van der Waals surface area (Å²) < 4.78 is 60.8. The Hall–Kier alpha value is 3.71. The van der Waals surface area contributed by atoms with Crippen molar-refractivity contribution in [2.75, 3.05) is 59.5 Å².